The van der Waals surface area contributed by atoms with Gasteiger partial charge in [-0.15, -0.1) is 0 Å². The third kappa shape index (κ3) is 3.78. The molecule has 0 heterocycles. The second-order valence-corrected chi connectivity index (χ2v) is 5.53. The molecule has 7 heteroatoms. The van der Waals surface area contributed by atoms with Crippen molar-refractivity contribution in [2.24, 2.45) is 0 Å². The quantitative estimate of drug-likeness (QED) is 0.841. The number of halogens is 2. The van der Waals surface area contributed by atoms with E-state index in [2.05, 4.69) is 11.3 Å². The van der Waals surface area contributed by atoms with Crippen molar-refractivity contribution in [3.8, 4) is 0 Å². The minimum absolute atomic E-state index is 0.104. The van der Waals surface area contributed by atoms with E-state index in [1.807, 2.05) is 0 Å². The minimum atomic E-state index is -4.34. The molecule has 0 atom stereocenters. The van der Waals surface area contributed by atoms with Crippen LogP contribution >= 0.6 is 0 Å². The van der Waals surface area contributed by atoms with Crippen molar-refractivity contribution in [3.05, 3.63) is 54.4 Å². The number of benzene rings is 1. The summed E-state index contributed by atoms with van der Waals surface area (Å²) in [6.07, 6.45) is 2.65. The van der Waals surface area contributed by atoms with E-state index < -0.39 is 26.6 Å². The molecule has 0 aliphatic carbocycles. The van der Waals surface area contributed by atoms with Crippen molar-refractivity contribution >= 4 is 10.0 Å². The third-order valence-corrected chi connectivity index (χ3v) is 3.49. The topological polar surface area (TPSA) is 49.4 Å². The first-order chi connectivity index (χ1) is 8.77. The Bertz CT molecular complexity index is 590. The van der Waals surface area contributed by atoms with Gasteiger partial charge in [-0.2, -0.15) is 0 Å². The minimum Gasteiger partial charge on any atom is -0.382 e. The second kappa shape index (κ2) is 5.83. The van der Waals surface area contributed by atoms with E-state index in [4.69, 9.17) is 0 Å². The van der Waals surface area contributed by atoms with Gasteiger partial charge in [0.25, 0.3) is 10.0 Å². The highest BCUT2D eigenvalue weighted by atomic mass is 32.2. The van der Waals surface area contributed by atoms with Crippen LogP contribution in [0, 0.1) is 11.6 Å². The number of allylic oxidation sites excluding steroid dienone is 1. The summed E-state index contributed by atoms with van der Waals surface area (Å²) in [5.41, 5.74) is 0.104. The lowest BCUT2D eigenvalue weighted by atomic mass is 10.3. The van der Waals surface area contributed by atoms with E-state index in [0.29, 0.717) is 0 Å². The van der Waals surface area contributed by atoms with Crippen molar-refractivity contribution in [2.45, 2.75) is 4.90 Å². The van der Waals surface area contributed by atoms with Gasteiger partial charge in [0, 0.05) is 20.3 Å². The summed E-state index contributed by atoms with van der Waals surface area (Å²) in [4.78, 5) is 0.554. The zero-order valence-electron chi connectivity index (χ0n) is 10.5. The van der Waals surface area contributed by atoms with E-state index >= 15 is 0 Å². The van der Waals surface area contributed by atoms with Crippen LogP contribution in [0.5, 0.6) is 0 Å². The molecular weight excluding hydrogens is 274 g/mol. The molecule has 0 unspecified atom stereocenters. The maximum absolute atomic E-state index is 13.4. The zero-order chi connectivity index (χ0) is 14.6. The maximum Gasteiger partial charge on any atom is 0.267 e. The van der Waals surface area contributed by atoms with Gasteiger partial charge >= 0.3 is 0 Å². The fourth-order valence-corrected chi connectivity index (χ4v) is 2.54. The van der Waals surface area contributed by atoms with Crippen LogP contribution in [0.25, 0.3) is 0 Å². The first-order valence-corrected chi connectivity index (χ1v) is 6.73. The first kappa shape index (κ1) is 15.2. The van der Waals surface area contributed by atoms with Crippen molar-refractivity contribution in [1.29, 1.82) is 0 Å². The van der Waals surface area contributed by atoms with Gasteiger partial charge in [0.15, 0.2) is 4.90 Å². The van der Waals surface area contributed by atoms with Crippen LogP contribution in [0.3, 0.4) is 0 Å². The molecule has 0 bridgehead atoms. The Labute approximate surface area is 111 Å². The molecule has 1 aromatic rings. The van der Waals surface area contributed by atoms with Gasteiger partial charge in [-0.3, -0.25) is 4.72 Å². The summed E-state index contributed by atoms with van der Waals surface area (Å²) in [6, 6.07) is 2.84. The molecule has 0 aliphatic rings. The highest BCUT2D eigenvalue weighted by Gasteiger charge is 2.24. The summed E-state index contributed by atoms with van der Waals surface area (Å²) in [6.45, 7) is 3.43. The van der Waals surface area contributed by atoms with Crippen molar-refractivity contribution in [2.75, 3.05) is 14.1 Å². The van der Waals surface area contributed by atoms with E-state index in [-0.39, 0.29) is 5.70 Å². The van der Waals surface area contributed by atoms with Crippen LogP contribution in [0.4, 0.5) is 8.78 Å². The highest BCUT2D eigenvalue weighted by Crippen LogP contribution is 2.18. The summed E-state index contributed by atoms with van der Waals surface area (Å²) < 4.78 is 52.8. The molecule has 0 aliphatic heterocycles. The van der Waals surface area contributed by atoms with E-state index in [0.717, 1.165) is 18.2 Å². The van der Waals surface area contributed by atoms with Crippen molar-refractivity contribution < 1.29 is 17.2 Å². The molecule has 0 saturated carbocycles. The predicted octanol–water partition coefficient (Wildman–Crippen LogP) is 1.83. The Hall–Kier alpha value is -1.89. The first-order valence-electron chi connectivity index (χ1n) is 5.25. The zero-order valence-corrected chi connectivity index (χ0v) is 11.3. The van der Waals surface area contributed by atoms with Crippen LogP contribution < -0.4 is 4.72 Å². The Kier molecular flexibility index (Phi) is 4.66. The molecule has 0 amide bonds. The lowest BCUT2D eigenvalue weighted by molar-refractivity contribution is 0.515. The summed E-state index contributed by atoms with van der Waals surface area (Å²) in [7, 11) is -1.01. The summed E-state index contributed by atoms with van der Waals surface area (Å²) >= 11 is 0. The molecule has 1 N–H and O–H groups in total. The molecule has 0 aromatic heterocycles. The Morgan fingerprint density at radius 3 is 2.26 bits per heavy atom. The monoisotopic (exact) mass is 288 g/mol. The lowest BCUT2D eigenvalue weighted by Crippen LogP contribution is -2.25. The van der Waals surface area contributed by atoms with Gasteiger partial charge in [0.1, 0.15) is 11.6 Å². The van der Waals surface area contributed by atoms with Crippen LogP contribution in [-0.2, 0) is 10.0 Å². The average molecular weight is 288 g/mol. The number of hydrogen-bond acceptors (Lipinski definition) is 3. The fourth-order valence-electron chi connectivity index (χ4n) is 1.34. The number of nitrogens with one attached hydrogen (secondary N) is 1. The largest absolute Gasteiger partial charge is 0.382 e. The normalized spacial score (nSPS) is 12.1. The second-order valence-electron chi connectivity index (χ2n) is 3.91. The molecular formula is C12H14F2N2O2S. The highest BCUT2D eigenvalue weighted by molar-refractivity contribution is 7.89. The number of nitrogens with zero attached hydrogens (tertiary/aromatic N) is 1. The fraction of sp³-hybridized carbons (Fsp3) is 0.167. The summed E-state index contributed by atoms with van der Waals surface area (Å²) in [5, 5.41) is 0. The van der Waals surface area contributed by atoms with Gasteiger partial charge in [-0.1, -0.05) is 12.6 Å². The standard InChI is InChI=1S/C12H14F2N2O2S/c1-4-9(8-16(2)3)15-19(17,18)12-10(13)6-5-7-11(12)14/h4-8,15H,1H2,2-3H3/b9-8+. The summed E-state index contributed by atoms with van der Waals surface area (Å²) in [5.74, 6) is -2.30. The van der Waals surface area contributed by atoms with Gasteiger partial charge in [0.2, 0.25) is 0 Å². The van der Waals surface area contributed by atoms with Gasteiger partial charge in [0.05, 0.1) is 5.70 Å². The molecule has 19 heavy (non-hydrogen) atoms. The molecule has 1 aromatic carbocycles. The van der Waals surface area contributed by atoms with Crippen LogP contribution in [-0.4, -0.2) is 27.4 Å². The molecule has 104 valence electrons. The predicted molar refractivity (Wildman–Crippen MR) is 68.6 cm³/mol. The smallest absolute Gasteiger partial charge is 0.267 e. The molecule has 0 spiro atoms. The Morgan fingerprint density at radius 1 is 1.32 bits per heavy atom. The lowest BCUT2D eigenvalue weighted by Gasteiger charge is -2.12. The van der Waals surface area contributed by atoms with E-state index in [1.165, 1.54) is 12.3 Å². The van der Waals surface area contributed by atoms with Crippen molar-refractivity contribution in [3.63, 3.8) is 0 Å². The Morgan fingerprint density at radius 2 is 1.84 bits per heavy atom. The number of hydrogen-bond donors (Lipinski definition) is 1. The van der Waals surface area contributed by atoms with E-state index in [9.17, 15) is 17.2 Å². The average Bonchev–Trinajstić information content (AvgIpc) is 2.26. The molecule has 1 rings (SSSR count). The van der Waals surface area contributed by atoms with Gasteiger partial charge in [-0.05, 0) is 18.2 Å². The maximum atomic E-state index is 13.4. The van der Waals surface area contributed by atoms with Gasteiger partial charge in [-0.25, -0.2) is 17.2 Å². The Balaban J connectivity index is 3.22. The number of sulfonamides is 1. The van der Waals surface area contributed by atoms with Crippen LogP contribution in [0.1, 0.15) is 0 Å². The van der Waals surface area contributed by atoms with Crippen LogP contribution in [0.2, 0.25) is 0 Å². The van der Waals surface area contributed by atoms with Gasteiger partial charge < -0.3 is 4.90 Å². The molecule has 4 nitrogen and oxygen atoms in total. The number of rotatable bonds is 5. The molecule has 0 saturated heterocycles. The van der Waals surface area contributed by atoms with Crippen LogP contribution in [0.15, 0.2) is 47.6 Å². The third-order valence-electron chi connectivity index (χ3n) is 2.06. The molecule has 0 radical (unpaired) electrons. The van der Waals surface area contributed by atoms with E-state index in [1.54, 1.807) is 19.0 Å². The van der Waals surface area contributed by atoms with Crippen molar-refractivity contribution in [1.82, 2.24) is 9.62 Å². The molecule has 0 fully saturated rings. The SMILES string of the molecule is C=C/C(=C\N(C)C)NS(=O)(=O)c1c(F)cccc1F.